The van der Waals surface area contributed by atoms with Crippen LogP contribution in [0.5, 0.6) is 0 Å². The van der Waals surface area contributed by atoms with Crippen molar-refractivity contribution in [1.82, 2.24) is 10.6 Å². The molecule has 2 N–H and O–H groups in total. The first-order chi connectivity index (χ1) is 11.1. The number of aryl methyl sites for hydroxylation is 1. The van der Waals surface area contributed by atoms with Crippen LogP contribution in [0.4, 0.5) is 9.18 Å². The summed E-state index contributed by atoms with van der Waals surface area (Å²) in [6.07, 6.45) is 1.31. The number of amides is 1. The lowest BCUT2D eigenvalue weighted by Crippen LogP contribution is -2.53. The van der Waals surface area contributed by atoms with Gasteiger partial charge in [0.15, 0.2) is 0 Å². The van der Waals surface area contributed by atoms with E-state index in [1.54, 1.807) is 6.07 Å². The summed E-state index contributed by atoms with van der Waals surface area (Å²) in [5.74, 6) is -0.222. The number of alkyl carbamates (subject to hydrolysis) is 1. The Balaban J connectivity index is 2.68. The molecular weight excluding hydrogens is 307 g/mol. The minimum absolute atomic E-state index is 0.222. The van der Waals surface area contributed by atoms with Gasteiger partial charge in [-0.25, -0.2) is 9.18 Å². The average Bonchev–Trinajstić information content (AvgIpc) is 2.48. The summed E-state index contributed by atoms with van der Waals surface area (Å²) in [6.45, 7) is 12.7. The van der Waals surface area contributed by atoms with Crippen LogP contribution in [-0.2, 0) is 11.3 Å². The summed E-state index contributed by atoms with van der Waals surface area (Å²) >= 11 is 0. The zero-order valence-electron chi connectivity index (χ0n) is 15.8. The fourth-order valence-electron chi connectivity index (χ4n) is 2.51. The lowest BCUT2D eigenvalue weighted by molar-refractivity contribution is 0.0507. The second kappa shape index (κ2) is 8.47. The number of ether oxygens (including phenoxy) is 1. The minimum atomic E-state index is -0.510. The average molecular weight is 338 g/mol. The maximum absolute atomic E-state index is 13.2. The third kappa shape index (κ3) is 6.48. The van der Waals surface area contributed by atoms with E-state index in [2.05, 4.69) is 24.5 Å². The molecule has 0 saturated carbocycles. The third-order valence-corrected chi connectivity index (χ3v) is 4.28. The Hall–Kier alpha value is -1.62. The van der Waals surface area contributed by atoms with Gasteiger partial charge in [-0.15, -0.1) is 0 Å². The SMILES string of the molecule is CCC(CC)(CNC(=O)OC(C)(C)C)NCc1ccc(F)cc1C. The van der Waals surface area contributed by atoms with Gasteiger partial charge >= 0.3 is 6.09 Å². The molecule has 0 atom stereocenters. The molecule has 1 amide bonds. The highest BCUT2D eigenvalue weighted by atomic mass is 19.1. The highest BCUT2D eigenvalue weighted by Crippen LogP contribution is 2.17. The van der Waals surface area contributed by atoms with E-state index in [1.165, 1.54) is 12.1 Å². The molecule has 136 valence electrons. The molecule has 24 heavy (non-hydrogen) atoms. The Morgan fingerprint density at radius 2 is 1.83 bits per heavy atom. The number of halogens is 1. The third-order valence-electron chi connectivity index (χ3n) is 4.28. The first-order valence-electron chi connectivity index (χ1n) is 8.57. The van der Waals surface area contributed by atoms with E-state index in [4.69, 9.17) is 4.74 Å². The van der Waals surface area contributed by atoms with Gasteiger partial charge in [-0.2, -0.15) is 0 Å². The van der Waals surface area contributed by atoms with Crippen molar-refractivity contribution in [2.75, 3.05) is 6.54 Å². The van der Waals surface area contributed by atoms with Crippen LogP contribution in [0.25, 0.3) is 0 Å². The van der Waals surface area contributed by atoms with Gasteiger partial charge in [-0.05, 0) is 63.8 Å². The van der Waals surface area contributed by atoms with Crippen LogP contribution in [0.3, 0.4) is 0 Å². The molecule has 0 bridgehead atoms. The molecule has 0 fully saturated rings. The van der Waals surface area contributed by atoms with Crippen LogP contribution >= 0.6 is 0 Å². The smallest absolute Gasteiger partial charge is 0.407 e. The molecule has 1 rings (SSSR count). The number of nitrogens with one attached hydrogen (secondary N) is 2. The number of rotatable bonds is 7. The van der Waals surface area contributed by atoms with E-state index >= 15 is 0 Å². The van der Waals surface area contributed by atoms with E-state index in [0.29, 0.717) is 13.1 Å². The van der Waals surface area contributed by atoms with Crippen molar-refractivity contribution in [1.29, 1.82) is 0 Å². The van der Waals surface area contributed by atoms with Gasteiger partial charge in [0, 0.05) is 18.6 Å². The number of hydrogen-bond donors (Lipinski definition) is 2. The molecule has 0 radical (unpaired) electrons. The van der Waals surface area contributed by atoms with Gasteiger partial charge in [0.2, 0.25) is 0 Å². The van der Waals surface area contributed by atoms with Crippen molar-refractivity contribution in [2.24, 2.45) is 0 Å². The van der Waals surface area contributed by atoms with Crippen LogP contribution in [0.1, 0.15) is 58.6 Å². The van der Waals surface area contributed by atoms with Crippen molar-refractivity contribution in [3.8, 4) is 0 Å². The molecule has 4 nitrogen and oxygen atoms in total. The monoisotopic (exact) mass is 338 g/mol. The normalized spacial score (nSPS) is 12.1. The predicted octanol–water partition coefficient (Wildman–Crippen LogP) is 4.31. The molecular formula is C19H31FN2O2. The molecule has 0 heterocycles. The summed E-state index contributed by atoms with van der Waals surface area (Å²) in [5, 5.41) is 6.39. The summed E-state index contributed by atoms with van der Waals surface area (Å²) in [5.41, 5.74) is 1.24. The van der Waals surface area contributed by atoms with Crippen LogP contribution in [0.2, 0.25) is 0 Å². The van der Waals surface area contributed by atoms with E-state index in [9.17, 15) is 9.18 Å². The lowest BCUT2D eigenvalue weighted by Gasteiger charge is -2.34. The van der Waals surface area contributed by atoms with Crippen molar-refractivity contribution in [3.05, 3.63) is 35.1 Å². The Morgan fingerprint density at radius 1 is 1.21 bits per heavy atom. The van der Waals surface area contributed by atoms with Crippen LogP contribution in [0.15, 0.2) is 18.2 Å². The first kappa shape index (κ1) is 20.4. The Bertz CT molecular complexity index is 549. The summed E-state index contributed by atoms with van der Waals surface area (Å²) in [6, 6.07) is 4.81. The topological polar surface area (TPSA) is 50.4 Å². The molecule has 1 aromatic rings. The second-order valence-corrected chi connectivity index (χ2v) is 7.27. The molecule has 0 aliphatic carbocycles. The number of carbonyl (C=O) groups is 1. The maximum Gasteiger partial charge on any atom is 0.407 e. The van der Waals surface area contributed by atoms with Gasteiger partial charge < -0.3 is 15.4 Å². The quantitative estimate of drug-likeness (QED) is 0.779. The number of hydrogen-bond acceptors (Lipinski definition) is 3. The van der Waals surface area contributed by atoms with Gasteiger partial charge in [0.1, 0.15) is 11.4 Å². The van der Waals surface area contributed by atoms with Gasteiger partial charge in [0.05, 0.1) is 0 Å². The fraction of sp³-hybridized carbons (Fsp3) is 0.632. The highest BCUT2D eigenvalue weighted by Gasteiger charge is 2.27. The molecule has 0 spiro atoms. The second-order valence-electron chi connectivity index (χ2n) is 7.27. The lowest BCUT2D eigenvalue weighted by atomic mass is 9.92. The highest BCUT2D eigenvalue weighted by molar-refractivity contribution is 5.67. The first-order valence-corrected chi connectivity index (χ1v) is 8.57. The van der Waals surface area contributed by atoms with E-state index < -0.39 is 11.7 Å². The zero-order valence-corrected chi connectivity index (χ0v) is 15.8. The van der Waals surface area contributed by atoms with Crippen LogP contribution in [-0.4, -0.2) is 23.8 Å². The molecule has 0 aliphatic heterocycles. The fourth-order valence-corrected chi connectivity index (χ4v) is 2.51. The van der Waals surface area contributed by atoms with Crippen molar-refractivity contribution in [3.63, 3.8) is 0 Å². The predicted molar refractivity (Wildman–Crippen MR) is 95.5 cm³/mol. The van der Waals surface area contributed by atoms with Crippen molar-refractivity contribution in [2.45, 2.75) is 72.1 Å². The molecule has 0 aromatic heterocycles. The molecule has 0 unspecified atom stereocenters. The number of benzene rings is 1. The van der Waals surface area contributed by atoms with Crippen LogP contribution in [0, 0.1) is 12.7 Å². The number of carbonyl (C=O) groups excluding carboxylic acids is 1. The largest absolute Gasteiger partial charge is 0.444 e. The Morgan fingerprint density at radius 3 is 2.33 bits per heavy atom. The standard InChI is InChI=1S/C19H31FN2O2/c1-7-19(8-2,13-21-17(23)24-18(4,5)6)22-12-15-9-10-16(20)11-14(15)3/h9-11,22H,7-8,12-13H2,1-6H3,(H,21,23). The summed E-state index contributed by atoms with van der Waals surface area (Å²) < 4.78 is 18.5. The van der Waals surface area contributed by atoms with Crippen LogP contribution < -0.4 is 10.6 Å². The van der Waals surface area contributed by atoms with E-state index in [0.717, 1.165) is 24.0 Å². The van der Waals surface area contributed by atoms with E-state index in [1.807, 2.05) is 27.7 Å². The van der Waals surface area contributed by atoms with Gasteiger partial charge in [-0.3, -0.25) is 0 Å². The van der Waals surface area contributed by atoms with E-state index in [-0.39, 0.29) is 11.4 Å². The van der Waals surface area contributed by atoms with Gasteiger partial charge in [0.25, 0.3) is 0 Å². The molecule has 5 heteroatoms. The van der Waals surface area contributed by atoms with Gasteiger partial charge in [-0.1, -0.05) is 19.9 Å². The van der Waals surface area contributed by atoms with Crippen molar-refractivity contribution < 1.29 is 13.9 Å². The minimum Gasteiger partial charge on any atom is -0.444 e. The Labute approximate surface area is 145 Å². The summed E-state index contributed by atoms with van der Waals surface area (Å²) in [4.78, 5) is 11.9. The Kier molecular flexibility index (Phi) is 7.21. The molecule has 1 aromatic carbocycles. The zero-order chi connectivity index (χ0) is 18.4. The summed E-state index contributed by atoms with van der Waals surface area (Å²) in [7, 11) is 0. The van der Waals surface area contributed by atoms with Crippen molar-refractivity contribution >= 4 is 6.09 Å². The molecule has 0 aliphatic rings. The maximum atomic E-state index is 13.2. The molecule has 0 saturated heterocycles.